The number of benzene rings is 1. The third kappa shape index (κ3) is 4.16. The standard InChI is InChI=1S/C16H23N5/c1-3-8-13(4-2)18-14-11-15(21-17)20-16(19-14)12-9-6-5-7-10-12/h5-7,9-11,13H,3-4,8,17H2,1-2H3,(H2,18,19,20,21). The van der Waals surface area contributed by atoms with Crippen LogP contribution in [-0.4, -0.2) is 16.0 Å². The van der Waals surface area contributed by atoms with Crippen LogP contribution in [0.3, 0.4) is 0 Å². The minimum Gasteiger partial charge on any atom is -0.367 e. The molecule has 0 bridgehead atoms. The van der Waals surface area contributed by atoms with Crippen LogP contribution < -0.4 is 16.6 Å². The van der Waals surface area contributed by atoms with Crippen molar-refractivity contribution in [2.24, 2.45) is 5.84 Å². The molecule has 2 aromatic rings. The predicted molar refractivity (Wildman–Crippen MR) is 87.9 cm³/mol. The summed E-state index contributed by atoms with van der Waals surface area (Å²) in [6, 6.07) is 12.2. The molecule has 0 fully saturated rings. The Morgan fingerprint density at radius 1 is 1.10 bits per heavy atom. The number of nitrogen functional groups attached to an aromatic ring is 1. The lowest BCUT2D eigenvalue weighted by molar-refractivity contribution is 0.620. The number of nitrogens with one attached hydrogen (secondary N) is 2. The van der Waals surface area contributed by atoms with Crippen molar-refractivity contribution in [2.45, 2.75) is 39.2 Å². The molecule has 0 aliphatic rings. The number of aromatic nitrogens is 2. The average Bonchev–Trinajstić information content (AvgIpc) is 2.55. The van der Waals surface area contributed by atoms with Crippen molar-refractivity contribution in [2.75, 3.05) is 10.7 Å². The van der Waals surface area contributed by atoms with Crippen molar-refractivity contribution < 1.29 is 0 Å². The fourth-order valence-corrected chi connectivity index (χ4v) is 2.25. The van der Waals surface area contributed by atoms with E-state index in [1.54, 1.807) is 0 Å². The van der Waals surface area contributed by atoms with E-state index in [0.717, 1.165) is 30.6 Å². The molecular formula is C16H23N5. The number of hydrogen-bond acceptors (Lipinski definition) is 5. The maximum Gasteiger partial charge on any atom is 0.163 e. The van der Waals surface area contributed by atoms with E-state index in [0.29, 0.717) is 17.7 Å². The van der Waals surface area contributed by atoms with Gasteiger partial charge in [0, 0.05) is 17.7 Å². The molecule has 1 heterocycles. The van der Waals surface area contributed by atoms with E-state index in [1.165, 1.54) is 0 Å². The van der Waals surface area contributed by atoms with Gasteiger partial charge in [0.2, 0.25) is 0 Å². The zero-order valence-corrected chi connectivity index (χ0v) is 12.6. The summed E-state index contributed by atoms with van der Waals surface area (Å²) in [5.74, 6) is 7.60. The van der Waals surface area contributed by atoms with Gasteiger partial charge in [-0.05, 0) is 12.8 Å². The number of hydrogen-bond donors (Lipinski definition) is 3. The van der Waals surface area contributed by atoms with Gasteiger partial charge in [-0.25, -0.2) is 15.8 Å². The summed E-state index contributed by atoms with van der Waals surface area (Å²) in [6.07, 6.45) is 3.32. The smallest absolute Gasteiger partial charge is 0.163 e. The highest BCUT2D eigenvalue weighted by molar-refractivity contribution is 5.61. The van der Waals surface area contributed by atoms with Crippen LogP contribution in [0.4, 0.5) is 11.6 Å². The van der Waals surface area contributed by atoms with E-state index in [4.69, 9.17) is 5.84 Å². The fourth-order valence-electron chi connectivity index (χ4n) is 2.25. The van der Waals surface area contributed by atoms with Crippen LogP contribution in [0.1, 0.15) is 33.1 Å². The van der Waals surface area contributed by atoms with E-state index in [-0.39, 0.29) is 0 Å². The predicted octanol–water partition coefficient (Wildman–Crippen LogP) is 3.42. The minimum absolute atomic E-state index is 0.416. The van der Waals surface area contributed by atoms with Crippen molar-refractivity contribution in [3.05, 3.63) is 36.4 Å². The molecular weight excluding hydrogens is 262 g/mol. The number of anilines is 2. The Kier molecular flexibility index (Phi) is 5.51. The summed E-state index contributed by atoms with van der Waals surface area (Å²) in [6.45, 7) is 4.36. The van der Waals surface area contributed by atoms with E-state index in [9.17, 15) is 0 Å². The zero-order valence-electron chi connectivity index (χ0n) is 12.6. The molecule has 0 radical (unpaired) electrons. The quantitative estimate of drug-likeness (QED) is 0.537. The van der Waals surface area contributed by atoms with Crippen LogP contribution in [0.15, 0.2) is 36.4 Å². The molecule has 2 rings (SSSR count). The van der Waals surface area contributed by atoms with Crippen LogP contribution in [-0.2, 0) is 0 Å². The van der Waals surface area contributed by atoms with E-state index >= 15 is 0 Å². The third-order valence-corrected chi connectivity index (χ3v) is 3.39. The van der Waals surface area contributed by atoms with E-state index in [2.05, 4.69) is 34.6 Å². The maximum absolute atomic E-state index is 5.52. The summed E-state index contributed by atoms with van der Waals surface area (Å²) in [5, 5.41) is 3.47. The molecule has 0 saturated heterocycles. The molecule has 5 nitrogen and oxygen atoms in total. The fraction of sp³-hybridized carbons (Fsp3) is 0.375. The van der Waals surface area contributed by atoms with E-state index < -0.39 is 0 Å². The lowest BCUT2D eigenvalue weighted by Crippen LogP contribution is -2.20. The van der Waals surface area contributed by atoms with Gasteiger partial charge < -0.3 is 10.7 Å². The third-order valence-electron chi connectivity index (χ3n) is 3.39. The van der Waals surface area contributed by atoms with Gasteiger partial charge in [0.25, 0.3) is 0 Å². The van der Waals surface area contributed by atoms with E-state index in [1.807, 2.05) is 36.4 Å². The van der Waals surface area contributed by atoms with Crippen molar-refractivity contribution in [3.8, 4) is 11.4 Å². The number of nitrogens with two attached hydrogens (primary N) is 1. The largest absolute Gasteiger partial charge is 0.367 e. The Bertz CT molecular complexity index is 556. The molecule has 1 aromatic heterocycles. The second kappa shape index (κ2) is 7.59. The van der Waals surface area contributed by atoms with Gasteiger partial charge in [-0.1, -0.05) is 50.6 Å². The Morgan fingerprint density at radius 2 is 1.81 bits per heavy atom. The van der Waals surface area contributed by atoms with Gasteiger partial charge in [0.15, 0.2) is 5.82 Å². The first kappa shape index (κ1) is 15.3. The highest BCUT2D eigenvalue weighted by Gasteiger charge is 2.10. The SMILES string of the molecule is CCCC(CC)Nc1cc(NN)nc(-c2ccccc2)n1. The maximum atomic E-state index is 5.52. The lowest BCUT2D eigenvalue weighted by Gasteiger charge is -2.17. The summed E-state index contributed by atoms with van der Waals surface area (Å²) >= 11 is 0. The van der Waals surface area contributed by atoms with Gasteiger partial charge in [0.05, 0.1) is 0 Å². The van der Waals surface area contributed by atoms with Gasteiger partial charge in [-0.2, -0.15) is 0 Å². The van der Waals surface area contributed by atoms with Crippen LogP contribution in [0.25, 0.3) is 11.4 Å². The first-order chi connectivity index (χ1) is 10.3. The minimum atomic E-state index is 0.416. The topological polar surface area (TPSA) is 75.9 Å². The van der Waals surface area contributed by atoms with Crippen LogP contribution in [0.2, 0.25) is 0 Å². The van der Waals surface area contributed by atoms with Gasteiger partial charge in [-0.3, -0.25) is 0 Å². The second-order valence-electron chi connectivity index (χ2n) is 5.01. The molecule has 21 heavy (non-hydrogen) atoms. The highest BCUT2D eigenvalue weighted by atomic mass is 15.3. The second-order valence-corrected chi connectivity index (χ2v) is 5.01. The van der Waals surface area contributed by atoms with Gasteiger partial charge >= 0.3 is 0 Å². The first-order valence-corrected chi connectivity index (χ1v) is 7.44. The molecule has 5 heteroatoms. The van der Waals surface area contributed by atoms with Crippen LogP contribution in [0, 0.1) is 0 Å². The number of rotatable bonds is 7. The van der Waals surface area contributed by atoms with Gasteiger partial charge in [0.1, 0.15) is 11.6 Å². The molecule has 1 aromatic carbocycles. The number of hydrazine groups is 1. The van der Waals surface area contributed by atoms with Crippen molar-refractivity contribution in [1.82, 2.24) is 9.97 Å². The Balaban J connectivity index is 2.29. The molecule has 0 aliphatic carbocycles. The molecule has 0 amide bonds. The number of nitrogens with zero attached hydrogens (tertiary/aromatic N) is 2. The van der Waals surface area contributed by atoms with Crippen molar-refractivity contribution in [3.63, 3.8) is 0 Å². The molecule has 1 unspecified atom stereocenters. The molecule has 0 saturated carbocycles. The molecule has 112 valence electrons. The molecule has 0 aliphatic heterocycles. The highest BCUT2D eigenvalue weighted by Crippen LogP contribution is 2.21. The molecule has 0 spiro atoms. The van der Waals surface area contributed by atoms with Gasteiger partial charge in [-0.15, -0.1) is 0 Å². The monoisotopic (exact) mass is 285 g/mol. The Labute approximate surface area is 126 Å². The average molecular weight is 285 g/mol. The summed E-state index contributed by atoms with van der Waals surface area (Å²) in [5.41, 5.74) is 3.58. The normalized spacial score (nSPS) is 12.0. The first-order valence-electron chi connectivity index (χ1n) is 7.44. The van der Waals surface area contributed by atoms with Crippen LogP contribution in [0.5, 0.6) is 0 Å². The molecule has 1 atom stereocenters. The van der Waals surface area contributed by atoms with Crippen molar-refractivity contribution >= 4 is 11.6 Å². The van der Waals surface area contributed by atoms with Crippen molar-refractivity contribution in [1.29, 1.82) is 0 Å². The Hall–Kier alpha value is -2.14. The summed E-state index contributed by atoms with van der Waals surface area (Å²) in [7, 11) is 0. The molecule has 4 N–H and O–H groups in total. The lowest BCUT2D eigenvalue weighted by atomic mass is 10.1. The summed E-state index contributed by atoms with van der Waals surface area (Å²) in [4.78, 5) is 9.02. The Morgan fingerprint density at radius 3 is 2.43 bits per heavy atom. The summed E-state index contributed by atoms with van der Waals surface area (Å²) < 4.78 is 0. The zero-order chi connectivity index (χ0) is 15.1. The van der Waals surface area contributed by atoms with Crippen LogP contribution >= 0.6 is 0 Å².